The summed E-state index contributed by atoms with van der Waals surface area (Å²) in [7, 11) is 0. The van der Waals surface area contributed by atoms with E-state index in [9.17, 15) is 4.39 Å². The molecule has 2 rings (SSSR count). The molecule has 4 heteroatoms. The first-order valence-corrected chi connectivity index (χ1v) is 6.26. The van der Waals surface area contributed by atoms with Crippen LogP contribution in [0.2, 0.25) is 5.02 Å². The molecule has 0 spiro atoms. The van der Waals surface area contributed by atoms with E-state index in [4.69, 9.17) is 17.3 Å². The summed E-state index contributed by atoms with van der Waals surface area (Å²) in [5.74, 6) is -0.270. The van der Waals surface area contributed by atoms with Crippen molar-refractivity contribution in [1.82, 2.24) is 4.90 Å². The van der Waals surface area contributed by atoms with Crippen LogP contribution < -0.4 is 5.73 Å². The van der Waals surface area contributed by atoms with Gasteiger partial charge in [0.05, 0.1) is 0 Å². The predicted octanol–water partition coefficient (Wildman–Crippen LogP) is 2.65. The number of nitrogens with zero attached hydrogens (tertiary/aromatic N) is 1. The lowest BCUT2D eigenvalue weighted by Gasteiger charge is -2.22. The van der Waals surface area contributed by atoms with E-state index in [0.29, 0.717) is 11.6 Å². The number of benzene rings is 1. The quantitative estimate of drug-likeness (QED) is 0.901. The van der Waals surface area contributed by atoms with Gasteiger partial charge in [0.1, 0.15) is 5.82 Å². The van der Waals surface area contributed by atoms with Gasteiger partial charge in [-0.2, -0.15) is 0 Å². The smallest absolute Gasteiger partial charge is 0.125 e. The SMILES string of the molecule is CC1(CN)CCN(Cc2cc(F)cc(Cl)c2)C1. The molecule has 1 unspecified atom stereocenters. The fourth-order valence-electron chi connectivity index (χ4n) is 2.39. The van der Waals surface area contributed by atoms with Gasteiger partial charge in [-0.15, -0.1) is 0 Å². The summed E-state index contributed by atoms with van der Waals surface area (Å²) in [5, 5.41) is 0.459. The van der Waals surface area contributed by atoms with Crippen LogP contribution in [-0.2, 0) is 6.54 Å². The second kappa shape index (κ2) is 4.92. The van der Waals surface area contributed by atoms with E-state index >= 15 is 0 Å². The lowest BCUT2D eigenvalue weighted by atomic mass is 9.90. The molecule has 0 aliphatic carbocycles. The Morgan fingerprint density at radius 3 is 2.82 bits per heavy atom. The maximum Gasteiger partial charge on any atom is 0.125 e. The molecule has 1 aromatic carbocycles. The van der Waals surface area contributed by atoms with Gasteiger partial charge in [-0.25, -0.2) is 4.39 Å². The highest BCUT2D eigenvalue weighted by molar-refractivity contribution is 6.30. The monoisotopic (exact) mass is 256 g/mol. The second-order valence-electron chi connectivity index (χ2n) is 5.25. The molecular formula is C13H18ClFN2. The summed E-state index contributed by atoms with van der Waals surface area (Å²) in [6.07, 6.45) is 1.10. The Bertz CT molecular complexity index is 390. The van der Waals surface area contributed by atoms with Crippen LogP contribution in [0.3, 0.4) is 0 Å². The van der Waals surface area contributed by atoms with Crippen LogP contribution in [0, 0.1) is 11.2 Å². The Morgan fingerprint density at radius 2 is 2.24 bits per heavy atom. The van der Waals surface area contributed by atoms with E-state index in [1.807, 2.05) is 6.07 Å². The lowest BCUT2D eigenvalue weighted by molar-refractivity contribution is 0.274. The zero-order valence-electron chi connectivity index (χ0n) is 10.0. The number of likely N-dealkylation sites (tertiary alicyclic amines) is 1. The predicted molar refractivity (Wildman–Crippen MR) is 68.5 cm³/mol. The molecule has 2 nitrogen and oxygen atoms in total. The zero-order valence-corrected chi connectivity index (χ0v) is 10.8. The van der Waals surface area contributed by atoms with E-state index in [1.165, 1.54) is 6.07 Å². The summed E-state index contributed by atoms with van der Waals surface area (Å²) in [6.45, 7) is 5.63. The minimum Gasteiger partial charge on any atom is -0.330 e. The average Bonchev–Trinajstić information content (AvgIpc) is 2.59. The molecule has 17 heavy (non-hydrogen) atoms. The van der Waals surface area contributed by atoms with Crippen LogP contribution in [0.4, 0.5) is 4.39 Å². The molecule has 1 aromatic rings. The second-order valence-corrected chi connectivity index (χ2v) is 5.69. The van der Waals surface area contributed by atoms with Crippen LogP contribution in [0.5, 0.6) is 0 Å². The van der Waals surface area contributed by atoms with Gasteiger partial charge in [-0.1, -0.05) is 18.5 Å². The molecule has 0 amide bonds. The molecule has 0 radical (unpaired) electrons. The first kappa shape index (κ1) is 12.8. The third kappa shape index (κ3) is 3.18. The number of hydrogen-bond donors (Lipinski definition) is 1. The van der Waals surface area contributed by atoms with Gasteiger partial charge in [0.2, 0.25) is 0 Å². The van der Waals surface area contributed by atoms with Gasteiger partial charge in [0.25, 0.3) is 0 Å². The molecule has 1 saturated heterocycles. The van der Waals surface area contributed by atoms with Gasteiger partial charge in [-0.3, -0.25) is 4.90 Å². The van der Waals surface area contributed by atoms with Gasteiger partial charge in [0.15, 0.2) is 0 Å². The van der Waals surface area contributed by atoms with Crippen molar-refractivity contribution in [3.63, 3.8) is 0 Å². The Labute approximate surface area is 107 Å². The molecule has 0 saturated carbocycles. The lowest BCUT2D eigenvalue weighted by Crippen LogP contribution is -2.31. The van der Waals surface area contributed by atoms with Crippen molar-refractivity contribution < 1.29 is 4.39 Å². The van der Waals surface area contributed by atoms with Gasteiger partial charge in [-0.05, 0) is 48.7 Å². The van der Waals surface area contributed by atoms with Gasteiger partial charge >= 0.3 is 0 Å². The highest BCUT2D eigenvalue weighted by atomic mass is 35.5. The van der Waals surface area contributed by atoms with E-state index in [1.54, 1.807) is 6.07 Å². The number of nitrogens with two attached hydrogens (primary N) is 1. The minimum absolute atomic E-state index is 0.205. The van der Waals surface area contributed by atoms with Crippen molar-refractivity contribution in [1.29, 1.82) is 0 Å². The highest BCUT2D eigenvalue weighted by Crippen LogP contribution is 2.29. The molecule has 1 atom stereocenters. The van der Waals surface area contributed by atoms with Gasteiger partial charge < -0.3 is 5.73 Å². The molecule has 2 N–H and O–H groups in total. The molecule has 1 aliphatic rings. The first-order valence-electron chi connectivity index (χ1n) is 5.88. The summed E-state index contributed by atoms with van der Waals surface area (Å²) in [5.41, 5.74) is 6.90. The van der Waals surface area contributed by atoms with Crippen LogP contribution in [0.15, 0.2) is 18.2 Å². The number of hydrogen-bond acceptors (Lipinski definition) is 2. The summed E-state index contributed by atoms with van der Waals surface area (Å²) in [6, 6.07) is 4.70. The fraction of sp³-hybridized carbons (Fsp3) is 0.538. The molecule has 1 fully saturated rings. The topological polar surface area (TPSA) is 29.3 Å². The third-order valence-electron chi connectivity index (χ3n) is 3.46. The summed E-state index contributed by atoms with van der Waals surface area (Å²) in [4.78, 5) is 2.30. The number of rotatable bonds is 3. The average molecular weight is 257 g/mol. The standard InChI is InChI=1S/C13H18ClFN2/c1-13(8-16)2-3-17(9-13)7-10-4-11(14)6-12(15)5-10/h4-6H,2-3,7-9,16H2,1H3. The molecule has 0 aromatic heterocycles. The highest BCUT2D eigenvalue weighted by Gasteiger charge is 2.32. The van der Waals surface area contributed by atoms with E-state index in [2.05, 4.69) is 11.8 Å². The third-order valence-corrected chi connectivity index (χ3v) is 3.68. The molecule has 0 bridgehead atoms. The largest absolute Gasteiger partial charge is 0.330 e. The number of halogens is 2. The maximum absolute atomic E-state index is 13.2. The van der Waals surface area contributed by atoms with Crippen LogP contribution >= 0.6 is 11.6 Å². The zero-order chi connectivity index (χ0) is 12.5. The van der Waals surface area contributed by atoms with E-state index < -0.39 is 0 Å². The molecule has 1 aliphatic heterocycles. The fourth-order valence-corrected chi connectivity index (χ4v) is 2.63. The Kier molecular flexibility index (Phi) is 3.71. The van der Waals surface area contributed by atoms with Crippen LogP contribution in [-0.4, -0.2) is 24.5 Å². The van der Waals surface area contributed by atoms with Crippen LogP contribution in [0.25, 0.3) is 0 Å². The maximum atomic E-state index is 13.2. The molecular weight excluding hydrogens is 239 g/mol. The van der Waals surface area contributed by atoms with Crippen molar-refractivity contribution in [3.05, 3.63) is 34.6 Å². The molecule has 1 heterocycles. The normalized spacial score (nSPS) is 25.4. The van der Waals surface area contributed by atoms with Crippen molar-refractivity contribution in [3.8, 4) is 0 Å². The minimum atomic E-state index is -0.270. The Balaban J connectivity index is 2.02. The summed E-state index contributed by atoms with van der Waals surface area (Å²) >= 11 is 5.84. The van der Waals surface area contributed by atoms with Crippen molar-refractivity contribution in [2.24, 2.45) is 11.1 Å². The summed E-state index contributed by atoms with van der Waals surface area (Å²) < 4.78 is 13.2. The van der Waals surface area contributed by atoms with Gasteiger partial charge in [0, 0.05) is 18.1 Å². The Morgan fingerprint density at radius 1 is 1.47 bits per heavy atom. The van der Waals surface area contributed by atoms with E-state index in [-0.39, 0.29) is 11.2 Å². The molecule has 94 valence electrons. The van der Waals surface area contributed by atoms with E-state index in [0.717, 1.165) is 31.6 Å². The first-order chi connectivity index (χ1) is 8.00. The van der Waals surface area contributed by atoms with Crippen LogP contribution in [0.1, 0.15) is 18.9 Å². The van der Waals surface area contributed by atoms with Crippen molar-refractivity contribution in [2.75, 3.05) is 19.6 Å². The van der Waals surface area contributed by atoms with Crippen molar-refractivity contribution >= 4 is 11.6 Å². The van der Waals surface area contributed by atoms with Crippen molar-refractivity contribution in [2.45, 2.75) is 19.9 Å². The Hall–Kier alpha value is -0.640.